The summed E-state index contributed by atoms with van der Waals surface area (Å²) < 4.78 is 30.5. The Hall–Kier alpha value is -3.13. The second kappa shape index (κ2) is 8.55. The Bertz CT molecular complexity index is 1210. The van der Waals surface area contributed by atoms with E-state index in [0.29, 0.717) is 24.5 Å². The molecule has 1 atom stereocenters. The number of sulfone groups is 1. The Morgan fingerprint density at radius 3 is 2.68 bits per heavy atom. The van der Waals surface area contributed by atoms with Crippen LogP contribution in [-0.4, -0.2) is 50.2 Å². The number of hydrogen-bond donors (Lipinski definition) is 1. The number of anilines is 1. The maximum atomic E-state index is 12.9. The van der Waals surface area contributed by atoms with E-state index in [9.17, 15) is 13.2 Å². The van der Waals surface area contributed by atoms with Crippen molar-refractivity contribution in [3.8, 4) is 5.75 Å². The van der Waals surface area contributed by atoms with E-state index in [1.54, 1.807) is 17.0 Å². The highest BCUT2D eigenvalue weighted by Gasteiger charge is 2.30. The number of methoxy groups -OCH3 is 1. The molecule has 1 amide bonds. The van der Waals surface area contributed by atoms with E-state index in [4.69, 9.17) is 15.5 Å². The van der Waals surface area contributed by atoms with Gasteiger partial charge in [-0.25, -0.2) is 8.42 Å². The number of hydrogen-bond acceptors (Lipinski definition) is 6. The van der Waals surface area contributed by atoms with Crippen molar-refractivity contribution < 1.29 is 17.9 Å². The first-order chi connectivity index (χ1) is 14.9. The molecule has 8 heteroatoms. The van der Waals surface area contributed by atoms with Crippen molar-refractivity contribution in [1.29, 1.82) is 0 Å². The fraction of sp³-hybridized carbons (Fsp3) is 0.304. The first-order valence-electron chi connectivity index (χ1n) is 10.2. The summed E-state index contributed by atoms with van der Waals surface area (Å²) in [5.74, 6) is -0.428. The third-order valence-electron chi connectivity index (χ3n) is 5.68. The van der Waals surface area contributed by atoms with Gasteiger partial charge in [-0.1, -0.05) is 18.2 Å². The van der Waals surface area contributed by atoms with Gasteiger partial charge in [0.1, 0.15) is 11.5 Å². The average Bonchev–Trinajstić information content (AvgIpc) is 2.78. The summed E-state index contributed by atoms with van der Waals surface area (Å²) in [6.45, 7) is 0.938. The second-order valence-corrected chi connectivity index (χ2v) is 9.76. The van der Waals surface area contributed by atoms with E-state index in [2.05, 4.69) is 0 Å². The Morgan fingerprint density at radius 2 is 1.94 bits per heavy atom. The highest BCUT2D eigenvalue weighted by molar-refractivity contribution is 7.92. The van der Waals surface area contributed by atoms with Crippen LogP contribution in [0.1, 0.15) is 24.5 Å². The minimum absolute atomic E-state index is 0.0222. The van der Waals surface area contributed by atoms with Gasteiger partial charge in [-0.05, 0) is 49.2 Å². The van der Waals surface area contributed by atoms with Gasteiger partial charge in [-0.2, -0.15) is 0 Å². The van der Waals surface area contributed by atoms with Crippen molar-refractivity contribution in [2.75, 3.05) is 31.7 Å². The molecule has 0 saturated carbocycles. The van der Waals surface area contributed by atoms with Gasteiger partial charge in [0.2, 0.25) is 5.91 Å². The minimum Gasteiger partial charge on any atom is -0.497 e. The molecule has 2 N–H and O–H groups in total. The summed E-state index contributed by atoms with van der Waals surface area (Å²) >= 11 is 0. The topological polar surface area (TPSA) is 103 Å². The molecule has 2 heterocycles. The van der Waals surface area contributed by atoms with Crippen molar-refractivity contribution in [3.63, 3.8) is 0 Å². The number of carbonyl (C=O) groups excluding carboxylic acids is 1. The largest absolute Gasteiger partial charge is 0.497 e. The lowest BCUT2D eigenvalue weighted by atomic mass is 9.92. The molecule has 0 bridgehead atoms. The molecule has 1 saturated heterocycles. The molecule has 3 aromatic rings. The summed E-state index contributed by atoms with van der Waals surface area (Å²) in [6, 6.07) is 15.7. The minimum atomic E-state index is -3.74. The maximum Gasteiger partial charge on any atom is 0.238 e. The predicted molar refractivity (Wildman–Crippen MR) is 120 cm³/mol. The number of likely N-dealkylation sites (tertiary alicyclic amines) is 1. The Labute approximate surface area is 181 Å². The van der Waals surface area contributed by atoms with Crippen LogP contribution in [0.3, 0.4) is 0 Å². The fourth-order valence-electron chi connectivity index (χ4n) is 4.02. The number of pyridine rings is 1. The van der Waals surface area contributed by atoms with Gasteiger partial charge >= 0.3 is 0 Å². The zero-order valence-corrected chi connectivity index (χ0v) is 18.1. The normalized spacial score (nSPS) is 16.9. The summed E-state index contributed by atoms with van der Waals surface area (Å²) in [7, 11) is -2.23. The van der Waals surface area contributed by atoms with Gasteiger partial charge in [0.25, 0.3) is 0 Å². The van der Waals surface area contributed by atoms with Crippen LogP contribution in [0.2, 0.25) is 0 Å². The Kier molecular flexibility index (Phi) is 5.82. The summed E-state index contributed by atoms with van der Waals surface area (Å²) in [5.41, 5.74) is 8.50. The molecule has 31 heavy (non-hydrogen) atoms. The fourth-order valence-corrected chi connectivity index (χ4v) is 5.25. The van der Waals surface area contributed by atoms with Crippen LogP contribution in [0.15, 0.2) is 59.5 Å². The third-order valence-corrected chi connectivity index (χ3v) is 7.29. The van der Waals surface area contributed by atoms with Gasteiger partial charge in [0, 0.05) is 24.4 Å². The van der Waals surface area contributed by atoms with Gasteiger partial charge < -0.3 is 15.4 Å². The number of benzene rings is 2. The molecule has 0 radical (unpaired) electrons. The number of rotatable bonds is 5. The molecule has 7 nitrogen and oxygen atoms in total. The number of ether oxygens (including phenoxy) is 1. The first-order valence-corrected chi connectivity index (χ1v) is 11.8. The van der Waals surface area contributed by atoms with Crippen molar-refractivity contribution in [2.45, 2.75) is 23.7 Å². The highest BCUT2D eigenvalue weighted by Crippen LogP contribution is 2.31. The number of nitrogen functional groups attached to an aromatic ring is 1. The number of amides is 1. The molecular formula is C23H25N3O4S. The third kappa shape index (κ3) is 4.49. The van der Waals surface area contributed by atoms with Crippen molar-refractivity contribution in [2.24, 2.45) is 0 Å². The number of para-hydroxylation sites is 1. The quantitative estimate of drug-likeness (QED) is 0.656. The highest BCUT2D eigenvalue weighted by atomic mass is 32.2. The van der Waals surface area contributed by atoms with E-state index < -0.39 is 21.5 Å². The molecule has 0 aliphatic carbocycles. The van der Waals surface area contributed by atoms with Crippen molar-refractivity contribution >= 4 is 32.3 Å². The molecule has 2 aromatic carbocycles. The lowest BCUT2D eigenvalue weighted by Gasteiger charge is -2.33. The summed E-state index contributed by atoms with van der Waals surface area (Å²) in [5, 5.41) is 0.970. The number of nitrogens with zero attached hydrogens (tertiary/aromatic N) is 2. The number of aromatic nitrogens is 1. The van der Waals surface area contributed by atoms with Crippen LogP contribution in [0.4, 0.5) is 5.69 Å². The average molecular weight is 440 g/mol. The van der Waals surface area contributed by atoms with E-state index in [0.717, 1.165) is 29.4 Å². The second-order valence-electron chi connectivity index (χ2n) is 7.77. The Balaban J connectivity index is 1.50. The van der Waals surface area contributed by atoms with Crippen LogP contribution in [-0.2, 0) is 14.6 Å². The molecule has 1 aliphatic heterocycles. The molecular weight excluding hydrogens is 414 g/mol. The summed E-state index contributed by atoms with van der Waals surface area (Å²) in [4.78, 5) is 19.3. The molecule has 0 spiro atoms. The number of nitrogens with two attached hydrogens (primary N) is 1. The Morgan fingerprint density at radius 1 is 1.19 bits per heavy atom. The zero-order valence-electron chi connectivity index (χ0n) is 17.3. The molecule has 1 aromatic heterocycles. The van der Waals surface area contributed by atoms with Crippen molar-refractivity contribution in [1.82, 2.24) is 9.88 Å². The smallest absolute Gasteiger partial charge is 0.238 e. The zero-order chi connectivity index (χ0) is 22.0. The standard InChI is InChI=1S/C23H25N3O4S/c1-30-18-8-10-19(11-9-18)31(28,29)15-22(27)26-12-4-6-17(14-26)23-20(24)13-16-5-2-3-7-21(16)25-23/h2-3,5,7-11,13,17H,4,6,12,14-15,24H2,1H3/t17-/m1/s1. The molecule has 4 rings (SSSR count). The summed E-state index contributed by atoms with van der Waals surface area (Å²) in [6.07, 6.45) is 1.62. The van der Waals surface area contributed by atoms with Crippen LogP contribution in [0.25, 0.3) is 10.9 Å². The van der Waals surface area contributed by atoms with Gasteiger partial charge in [-0.3, -0.25) is 9.78 Å². The number of fused-ring (bicyclic) bond motifs is 1. The van der Waals surface area contributed by atoms with Crippen LogP contribution in [0.5, 0.6) is 5.75 Å². The van der Waals surface area contributed by atoms with E-state index in [1.807, 2.05) is 30.3 Å². The molecule has 0 unspecified atom stereocenters. The predicted octanol–water partition coefficient (Wildman–Crippen LogP) is 3.01. The molecule has 162 valence electrons. The SMILES string of the molecule is COc1ccc(S(=O)(=O)CC(=O)N2CCC[C@@H](c3nc4ccccc4cc3N)C2)cc1. The number of carbonyl (C=O) groups is 1. The van der Waals surface area contributed by atoms with Crippen LogP contribution < -0.4 is 10.5 Å². The monoisotopic (exact) mass is 439 g/mol. The van der Waals surface area contributed by atoms with Gasteiger partial charge in [-0.15, -0.1) is 0 Å². The van der Waals surface area contributed by atoms with Gasteiger partial charge in [0.05, 0.1) is 28.9 Å². The van der Waals surface area contributed by atoms with E-state index >= 15 is 0 Å². The van der Waals surface area contributed by atoms with Crippen LogP contribution in [0, 0.1) is 0 Å². The lowest BCUT2D eigenvalue weighted by molar-refractivity contribution is -0.129. The lowest BCUT2D eigenvalue weighted by Crippen LogP contribution is -2.42. The first kappa shape index (κ1) is 21.1. The van der Waals surface area contributed by atoms with Crippen LogP contribution >= 0.6 is 0 Å². The van der Waals surface area contributed by atoms with E-state index in [-0.39, 0.29) is 10.8 Å². The molecule has 1 aliphatic rings. The van der Waals surface area contributed by atoms with Crippen molar-refractivity contribution in [3.05, 3.63) is 60.3 Å². The number of piperidine rings is 1. The van der Waals surface area contributed by atoms with Gasteiger partial charge in [0.15, 0.2) is 9.84 Å². The van der Waals surface area contributed by atoms with E-state index in [1.165, 1.54) is 19.2 Å². The molecule has 1 fully saturated rings. The maximum absolute atomic E-state index is 12.9.